The molecule has 0 bridgehead atoms. The van der Waals surface area contributed by atoms with Crippen LogP contribution < -0.4 is 5.32 Å². The third-order valence-corrected chi connectivity index (χ3v) is 3.74. The van der Waals surface area contributed by atoms with Crippen LogP contribution in [0.15, 0.2) is 16.5 Å². The van der Waals surface area contributed by atoms with Crippen LogP contribution in [0.4, 0.5) is 0 Å². The standard InChI is InChI=1S/C12H17ClN2O2/c1-12(14-2)5-7-15(8-6-12)11(16)9-3-4-10(13)17-9/h3-4,14H,5-8H2,1-2H3. The van der Waals surface area contributed by atoms with Gasteiger partial charge in [0.15, 0.2) is 11.0 Å². The average Bonchev–Trinajstić information content (AvgIpc) is 2.76. The average molecular weight is 257 g/mol. The van der Waals surface area contributed by atoms with Crippen LogP contribution in [-0.2, 0) is 0 Å². The highest BCUT2D eigenvalue weighted by Gasteiger charge is 2.31. The topological polar surface area (TPSA) is 45.5 Å². The fourth-order valence-electron chi connectivity index (χ4n) is 2.04. The van der Waals surface area contributed by atoms with Crippen LogP contribution in [-0.4, -0.2) is 36.5 Å². The maximum atomic E-state index is 12.1. The largest absolute Gasteiger partial charge is 0.440 e. The number of nitrogens with zero attached hydrogens (tertiary/aromatic N) is 1. The van der Waals surface area contributed by atoms with Crippen molar-refractivity contribution in [1.82, 2.24) is 10.2 Å². The van der Waals surface area contributed by atoms with E-state index < -0.39 is 0 Å². The molecule has 0 aliphatic carbocycles. The molecule has 1 fully saturated rings. The highest BCUT2D eigenvalue weighted by molar-refractivity contribution is 6.29. The van der Waals surface area contributed by atoms with Crippen molar-refractivity contribution in [3.05, 3.63) is 23.1 Å². The molecule has 0 atom stereocenters. The van der Waals surface area contributed by atoms with Crippen LogP contribution in [0.2, 0.25) is 5.22 Å². The van der Waals surface area contributed by atoms with Gasteiger partial charge in [0.05, 0.1) is 0 Å². The minimum Gasteiger partial charge on any atom is -0.440 e. The van der Waals surface area contributed by atoms with Crippen molar-refractivity contribution < 1.29 is 9.21 Å². The lowest BCUT2D eigenvalue weighted by Gasteiger charge is -2.38. The molecule has 1 amide bonds. The van der Waals surface area contributed by atoms with E-state index in [1.165, 1.54) is 0 Å². The van der Waals surface area contributed by atoms with Crippen molar-refractivity contribution in [1.29, 1.82) is 0 Å². The number of carbonyl (C=O) groups is 1. The third-order valence-electron chi connectivity index (χ3n) is 3.54. The Labute approximate surface area is 106 Å². The zero-order valence-electron chi connectivity index (χ0n) is 10.1. The third kappa shape index (κ3) is 2.64. The molecule has 5 heteroatoms. The summed E-state index contributed by atoms with van der Waals surface area (Å²) in [5.74, 6) is 0.248. The molecule has 0 radical (unpaired) electrons. The smallest absolute Gasteiger partial charge is 0.289 e. The minimum absolute atomic E-state index is 0.0740. The molecule has 4 nitrogen and oxygen atoms in total. The van der Waals surface area contributed by atoms with Crippen molar-refractivity contribution in [3.8, 4) is 0 Å². The molecular formula is C12H17ClN2O2. The number of hydrogen-bond acceptors (Lipinski definition) is 3. The van der Waals surface area contributed by atoms with Gasteiger partial charge in [-0.2, -0.15) is 0 Å². The summed E-state index contributed by atoms with van der Waals surface area (Å²) >= 11 is 5.66. The van der Waals surface area contributed by atoms with E-state index in [0.717, 1.165) is 25.9 Å². The van der Waals surface area contributed by atoms with Gasteiger partial charge in [-0.15, -0.1) is 0 Å². The first-order valence-electron chi connectivity index (χ1n) is 5.78. The Morgan fingerprint density at radius 2 is 2.12 bits per heavy atom. The van der Waals surface area contributed by atoms with Crippen molar-refractivity contribution in [2.24, 2.45) is 0 Å². The fraction of sp³-hybridized carbons (Fsp3) is 0.583. The summed E-state index contributed by atoms with van der Waals surface area (Å²) in [6.07, 6.45) is 1.90. The number of amides is 1. The molecule has 1 aromatic heterocycles. The lowest BCUT2D eigenvalue weighted by molar-refractivity contribution is 0.0630. The predicted octanol–water partition coefficient (Wildman–Crippen LogP) is 2.15. The van der Waals surface area contributed by atoms with Crippen molar-refractivity contribution in [3.63, 3.8) is 0 Å². The summed E-state index contributed by atoms with van der Waals surface area (Å²) < 4.78 is 5.14. The SMILES string of the molecule is CNC1(C)CCN(C(=O)c2ccc(Cl)o2)CC1. The van der Waals surface area contributed by atoms with E-state index in [2.05, 4.69) is 12.2 Å². The lowest BCUT2D eigenvalue weighted by atomic mass is 9.90. The Kier molecular flexibility index (Phi) is 3.45. The Balaban J connectivity index is 1.99. The van der Waals surface area contributed by atoms with Gasteiger partial charge in [0, 0.05) is 18.6 Å². The molecule has 0 aromatic carbocycles. The van der Waals surface area contributed by atoms with E-state index in [4.69, 9.17) is 16.0 Å². The second-order valence-corrected chi connectivity index (χ2v) is 5.08. The first kappa shape index (κ1) is 12.5. The summed E-state index contributed by atoms with van der Waals surface area (Å²) in [6, 6.07) is 3.22. The van der Waals surface area contributed by atoms with Gasteiger partial charge < -0.3 is 14.6 Å². The summed E-state index contributed by atoms with van der Waals surface area (Å²) in [4.78, 5) is 13.9. The first-order valence-corrected chi connectivity index (χ1v) is 6.15. The molecule has 0 saturated carbocycles. The van der Waals surface area contributed by atoms with Gasteiger partial charge in [-0.25, -0.2) is 0 Å². The molecule has 1 aliphatic heterocycles. The summed E-state index contributed by atoms with van der Waals surface area (Å²) in [7, 11) is 1.96. The van der Waals surface area contributed by atoms with Crippen LogP contribution in [0.25, 0.3) is 0 Å². The van der Waals surface area contributed by atoms with E-state index in [1.54, 1.807) is 12.1 Å². The number of furan rings is 1. The molecule has 17 heavy (non-hydrogen) atoms. The van der Waals surface area contributed by atoms with Crippen LogP contribution in [0, 0.1) is 0 Å². The van der Waals surface area contributed by atoms with Gasteiger partial charge in [-0.1, -0.05) is 0 Å². The van der Waals surface area contributed by atoms with Gasteiger partial charge in [0.25, 0.3) is 5.91 Å². The number of carbonyl (C=O) groups excluding carboxylic acids is 1. The van der Waals surface area contributed by atoms with E-state index in [0.29, 0.717) is 5.76 Å². The fourth-order valence-corrected chi connectivity index (χ4v) is 2.18. The highest BCUT2D eigenvalue weighted by Crippen LogP contribution is 2.23. The Morgan fingerprint density at radius 1 is 1.47 bits per heavy atom. The summed E-state index contributed by atoms with van der Waals surface area (Å²) in [6.45, 7) is 3.67. The highest BCUT2D eigenvalue weighted by atomic mass is 35.5. The Morgan fingerprint density at radius 3 is 2.59 bits per heavy atom. The van der Waals surface area contributed by atoms with Crippen molar-refractivity contribution in [2.75, 3.05) is 20.1 Å². The van der Waals surface area contributed by atoms with E-state index >= 15 is 0 Å². The van der Waals surface area contributed by atoms with E-state index in [9.17, 15) is 4.79 Å². The number of piperidine rings is 1. The van der Waals surface area contributed by atoms with Crippen LogP contribution in [0.1, 0.15) is 30.3 Å². The quantitative estimate of drug-likeness (QED) is 0.882. The maximum absolute atomic E-state index is 12.1. The van der Waals surface area contributed by atoms with Gasteiger partial charge >= 0.3 is 0 Å². The van der Waals surface area contributed by atoms with Gasteiger partial charge in [-0.3, -0.25) is 4.79 Å². The molecule has 1 saturated heterocycles. The molecule has 0 spiro atoms. The molecular weight excluding hydrogens is 240 g/mol. The number of nitrogens with one attached hydrogen (secondary N) is 1. The minimum atomic E-state index is -0.0740. The number of rotatable bonds is 2. The van der Waals surface area contributed by atoms with Gasteiger partial charge in [0.1, 0.15) is 0 Å². The number of halogens is 1. The predicted molar refractivity (Wildman–Crippen MR) is 66.3 cm³/mol. The van der Waals surface area contributed by atoms with Gasteiger partial charge in [0.2, 0.25) is 0 Å². The van der Waals surface area contributed by atoms with E-state index in [-0.39, 0.29) is 16.7 Å². The number of hydrogen-bond donors (Lipinski definition) is 1. The van der Waals surface area contributed by atoms with Crippen LogP contribution in [0.5, 0.6) is 0 Å². The normalized spacial score (nSPS) is 19.4. The molecule has 2 heterocycles. The first-order chi connectivity index (χ1) is 8.04. The maximum Gasteiger partial charge on any atom is 0.289 e. The Bertz CT molecular complexity index is 408. The molecule has 1 N–H and O–H groups in total. The summed E-state index contributed by atoms with van der Waals surface area (Å²) in [5.41, 5.74) is 0.136. The van der Waals surface area contributed by atoms with Crippen LogP contribution >= 0.6 is 11.6 Å². The molecule has 2 rings (SSSR count). The molecule has 1 aromatic rings. The second-order valence-electron chi connectivity index (χ2n) is 4.71. The monoisotopic (exact) mass is 256 g/mol. The second kappa shape index (κ2) is 4.70. The Hall–Kier alpha value is -1.00. The van der Waals surface area contributed by atoms with E-state index in [1.807, 2.05) is 11.9 Å². The van der Waals surface area contributed by atoms with Crippen molar-refractivity contribution in [2.45, 2.75) is 25.3 Å². The summed E-state index contributed by atoms with van der Waals surface area (Å²) in [5, 5.41) is 3.56. The lowest BCUT2D eigenvalue weighted by Crippen LogP contribution is -2.51. The molecule has 0 unspecified atom stereocenters. The van der Waals surface area contributed by atoms with Gasteiger partial charge in [-0.05, 0) is 50.5 Å². The van der Waals surface area contributed by atoms with Crippen molar-refractivity contribution >= 4 is 17.5 Å². The van der Waals surface area contributed by atoms with Crippen LogP contribution in [0.3, 0.4) is 0 Å². The molecule has 94 valence electrons. The zero-order valence-corrected chi connectivity index (χ0v) is 10.9. The molecule has 1 aliphatic rings. The zero-order chi connectivity index (χ0) is 12.5. The number of likely N-dealkylation sites (tertiary alicyclic amines) is 1.